The van der Waals surface area contributed by atoms with Crippen molar-refractivity contribution in [1.29, 1.82) is 0 Å². The number of nitro benzene ring substituents is 1. The van der Waals surface area contributed by atoms with Crippen LogP contribution >= 0.6 is 11.8 Å². The number of nitro groups is 1. The summed E-state index contributed by atoms with van der Waals surface area (Å²) in [5, 5.41) is 20.6. The van der Waals surface area contributed by atoms with Crippen LogP contribution in [0.3, 0.4) is 0 Å². The summed E-state index contributed by atoms with van der Waals surface area (Å²) in [4.78, 5) is 18.0. The fourth-order valence-corrected chi connectivity index (χ4v) is 4.08. The SMILES string of the molecule is CC(C)(C)O.CCCCN1C(=Nc2ccc([N+](=O)[O-])c(C)c2C)SCC1CC. The smallest absolute Gasteiger partial charge is 0.272 e. The van der Waals surface area contributed by atoms with Crippen LogP contribution in [0, 0.1) is 24.0 Å². The quantitative estimate of drug-likeness (QED) is 0.488. The average Bonchev–Trinajstić information content (AvgIpc) is 2.97. The molecule has 0 radical (unpaired) electrons. The molecule has 1 aliphatic heterocycles. The number of hydrogen-bond acceptors (Lipinski definition) is 5. The van der Waals surface area contributed by atoms with Crippen molar-refractivity contribution in [2.75, 3.05) is 12.3 Å². The minimum atomic E-state index is -0.500. The molecule has 1 unspecified atom stereocenters. The lowest BCUT2D eigenvalue weighted by atomic mass is 10.1. The van der Waals surface area contributed by atoms with Crippen LogP contribution in [0.25, 0.3) is 0 Å². The Morgan fingerprint density at radius 2 is 1.89 bits per heavy atom. The van der Waals surface area contributed by atoms with Gasteiger partial charge in [0.2, 0.25) is 0 Å². The number of thioether (sulfide) groups is 1. The van der Waals surface area contributed by atoms with E-state index in [1.807, 2.05) is 6.92 Å². The molecule has 1 aromatic rings. The molecule has 1 fully saturated rings. The summed E-state index contributed by atoms with van der Waals surface area (Å²) in [5.41, 5.74) is 2.10. The van der Waals surface area contributed by atoms with Crippen LogP contribution in [-0.2, 0) is 0 Å². The van der Waals surface area contributed by atoms with Crippen molar-refractivity contribution in [2.45, 2.75) is 79.4 Å². The fourth-order valence-electron chi connectivity index (χ4n) is 2.76. The second-order valence-electron chi connectivity index (χ2n) is 8.10. The Morgan fingerprint density at radius 1 is 1.29 bits per heavy atom. The standard InChI is InChI=1S/C17H25N3O2S.C4H10O/c1-5-7-10-19-14(6-2)11-23-17(19)18-15-8-9-16(20(21)22)13(4)12(15)3;1-4(2,3)5/h8-9,14H,5-7,10-11H2,1-4H3;5H,1-3H3. The van der Waals surface area contributed by atoms with Gasteiger partial charge in [-0.05, 0) is 59.1 Å². The monoisotopic (exact) mass is 409 g/mol. The first-order valence-electron chi connectivity index (χ1n) is 9.94. The molecule has 0 aromatic heterocycles. The van der Waals surface area contributed by atoms with Crippen LogP contribution < -0.4 is 0 Å². The van der Waals surface area contributed by atoms with E-state index in [-0.39, 0.29) is 10.6 Å². The van der Waals surface area contributed by atoms with Crippen molar-refractivity contribution in [3.8, 4) is 0 Å². The number of amidine groups is 1. The van der Waals surface area contributed by atoms with Gasteiger partial charge >= 0.3 is 0 Å². The van der Waals surface area contributed by atoms with E-state index in [2.05, 4.69) is 18.7 Å². The number of aliphatic hydroxyl groups is 1. The lowest BCUT2D eigenvalue weighted by Gasteiger charge is -2.25. The third-order valence-electron chi connectivity index (χ3n) is 4.46. The van der Waals surface area contributed by atoms with E-state index in [0.717, 1.165) is 41.6 Å². The van der Waals surface area contributed by atoms with E-state index in [1.165, 1.54) is 6.42 Å². The van der Waals surface area contributed by atoms with Gasteiger partial charge in [-0.3, -0.25) is 10.1 Å². The van der Waals surface area contributed by atoms with Crippen LogP contribution in [0.2, 0.25) is 0 Å². The maximum Gasteiger partial charge on any atom is 0.272 e. The van der Waals surface area contributed by atoms with Crippen molar-refractivity contribution in [3.63, 3.8) is 0 Å². The first-order chi connectivity index (χ1) is 13.0. The average molecular weight is 410 g/mol. The van der Waals surface area contributed by atoms with Crippen molar-refractivity contribution in [2.24, 2.45) is 4.99 Å². The molecule has 1 aliphatic rings. The Balaban J connectivity index is 0.000000696. The highest BCUT2D eigenvalue weighted by Gasteiger charge is 2.28. The molecule has 7 heteroatoms. The van der Waals surface area contributed by atoms with E-state index < -0.39 is 5.60 Å². The van der Waals surface area contributed by atoms with Crippen molar-refractivity contribution in [3.05, 3.63) is 33.4 Å². The molecule has 158 valence electrons. The largest absolute Gasteiger partial charge is 0.391 e. The Hall–Kier alpha value is -1.60. The van der Waals surface area contributed by atoms with Crippen LogP contribution in [0.4, 0.5) is 11.4 Å². The van der Waals surface area contributed by atoms with Gasteiger partial charge in [-0.25, -0.2) is 4.99 Å². The highest BCUT2D eigenvalue weighted by atomic mass is 32.2. The van der Waals surface area contributed by atoms with E-state index in [1.54, 1.807) is 51.6 Å². The topological polar surface area (TPSA) is 79.0 Å². The first kappa shape index (κ1) is 24.4. The van der Waals surface area contributed by atoms with Gasteiger partial charge in [-0.15, -0.1) is 0 Å². The summed E-state index contributed by atoms with van der Waals surface area (Å²) < 4.78 is 0. The molecular formula is C21H35N3O3S. The maximum absolute atomic E-state index is 11.0. The third kappa shape index (κ3) is 7.43. The maximum atomic E-state index is 11.0. The summed E-state index contributed by atoms with van der Waals surface area (Å²) in [6, 6.07) is 3.88. The fraction of sp³-hybridized carbons (Fsp3) is 0.667. The molecule has 1 heterocycles. The molecular weight excluding hydrogens is 374 g/mol. The predicted octanol–water partition coefficient (Wildman–Crippen LogP) is 5.60. The van der Waals surface area contributed by atoms with E-state index >= 15 is 0 Å². The number of hydrogen-bond donors (Lipinski definition) is 1. The summed E-state index contributed by atoms with van der Waals surface area (Å²) >= 11 is 1.80. The van der Waals surface area contributed by atoms with Gasteiger partial charge in [-0.2, -0.15) is 0 Å². The molecule has 6 nitrogen and oxygen atoms in total. The number of unbranched alkanes of at least 4 members (excludes halogenated alkanes) is 1. The molecule has 2 rings (SSSR count). The molecule has 28 heavy (non-hydrogen) atoms. The Morgan fingerprint density at radius 3 is 2.39 bits per heavy atom. The summed E-state index contributed by atoms with van der Waals surface area (Å²) in [6.45, 7) is 14.4. The predicted molar refractivity (Wildman–Crippen MR) is 120 cm³/mol. The van der Waals surface area contributed by atoms with Gasteiger partial charge in [0, 0.05) is 30.0 Å². The molecule has 0 aliphatic carbocycles. The van der Waals surface area contributed by atoms with Gasteiger partial charge in [0.1, 0.15) is 0 Å². The summed E-state index contributed by atoms with van der Waals surface area (Å²) in [7, 11) is 0. The van der Waals surface area contributed by atoms with Crippen LogP contribution in [0.1, 0.15) is 65.0 Å². The minimum Gasteiger partial charge on any atom is -0.391 e. The summed E-state index contributed by atoms with van der Waals surface area (Å²) in [6.07, 6.45) is 3.45. The zero-order valence-electron chi connectivity index (χ0n) is 18.3. The molecule has 0 spiro atoms. The highest BCUT2D eigenvalue weighted by Crippen LogP contribution is 2.33. The highest BCUT2D eigenvalue weighted by molar-refractivity contribution is 8.14. The van der Waals surface area contributed by atoms with Crippen molar-refractivity contribution >= 4 is 28.3 Å². The minimum absolute atomic E-state index is 0.166. The summed E-state index contributed by atoms with van der Waals surface area (Å²) in [5.74, 6) is 1.07. The third-order valence-corrected chi connectivity index (χ3v) is 5.59. The molecule has 1 saturated heterocycles. The zero-order valence-corrected chi connectivity index (χ0v) is 19.1. The van der Waals surface area contributed by atoms with Gasteiger partial charge in [0.15, 0.2) is 5.17 Å². The van der Waals surface area contributed by atoms with Gasteiger partial charge < -0.3 is 10.0 Å². The molecule has 0 bridgehead atoms. The number of benzene rings is 1. The first-order valence-corrected chi connectivity index (χ1v) is 10.9. The zero-order chi connectivity index (χ0) is 21.5. The number of nitrogens with zero attached hydrogens (tertiary/aromatic N) is 3. The van der Waals surface area contributed by atoms with Crippen molar-refractivity contribution < 1.29 is 10.0 Å². The second kappa shape index (κ2) is 10.8. The Labute approximate surface area is 173 Å². The number of aliphatic imine (C=N–C) groups is 1. The van der Waals surface area contributed by atoms with Crippen LogP contribution in [-0.4, -0.2) is 44.0 Å². The Bertz CT molecular complexity index is 693. The van der Waals surface area contributed by atoms with E-state index in [4.69, 9.17) is 10.1 Å². The number of rotatable bonds is 6. The van der Waals surface area contributed by atoms with Crippen LogP contribution in [0.5, 0.6) is 0 Å². The second-order valence-corrected chi connectivity index (χ2v) is 9.08. The molecule has 1 aromatic carbocycles. The molecule has 0 amide bonds. The molecule has 0 saturated carbocycles. The van der Waals surface area contributed by atoms with Crippen LogP contribution in [0.15, 0.2) is 17.1 Å². The lowest BCUT2D eigenvalue weighted by molar-refractivity contribution is -0.385. The van der Waals surface area contributed by atoms with E-state index in [9.17, 15) is 10.1 Å². The van der Waals surface area contributed by atoms with E-state index in [0.29, 0.717) is 11.6 Å². The van der Waals surface area contributed by atoms with Gasteiger partial charge in [0.25, 0.3) is 5.69 Å². The molecule has 1 N–H and O–H groups in total. The van der Waals surface area contributed by atoms with Gasteiger partial charge in [-0.1, -0.05) is 32.0 Å². The Kier molecular flexibility index (Phi) is 9.44. The van der Waals surface area contributed by atoms with Crippen molar-refractivity contribution in [1.82, 2.24) is 4.90 Å². The normalized spacial score (nSPS) is 18.2. The van der Waals surface area contributed by atoms with Gasteiger partial charge in [0.05, 0.1) is 16.2 Å². The lowest BCUT2D eigenvalue weighted by Crippen LogP contribution is -2.34. The molecule has 1 atom stereocenters.